The van der Waals surface area contributed by atoms with Gasteiger partial charge in [0.2, 0.25) is 0 Å². The summed E-state index contributed by atoms with van der Waals surface area (Å²) in [6.07, 6.45) is 1.81. The maximum Gasteiger partial charge on any atom is 0.0749 e. The molecule has 0 amide bonds. The van der Waals surface area contributed by atoms with E-state index < -0.39 is 0 Å². The molecule has 0 spiro atoms. The van der Waals surface area contributed by atoms with Gasteiger partial charge in [0.05, 0.1) is 11.7 Å². The first-order chi connectivity index (χ1) is 8.35. The molecule has 17 heavy (non-hydrogen) atoms. The highest BCUT2D eigenvalue weighted by molar-refractivity contribution is 5.31. The Hall–Kier alpha value is -1.71. The van der Waals surface area contributed by atoms with Gasteiger partial charge < -0.3 is 11.1 Å². The Balaban J connectivity index is 2.35. The molecule has 1 unspecified atom stereocenters. The lowest BCUT2D eigenvalue weighted by Gasteiger charge is -2.16. The minimum absolute atomic E-state index is 0.114. The van der Waals surface area contributed by atoms with Gasteiger partial charge in [-0.2, -0.15) is 0 Å². The first-order valence-corrected chi connectivity index (χ1v) is 5.72. The Labute approximate surface area is 102 Å². The molecule has 2 rings (SSSR count). The van der Waals surface area contributed by atoms with Gasteiger partial charge in [-0.15, -0.1) is 0 Å². The Morgan fingerprint density at radius 1 is 1.24 bits per heavy atom. The molecule has 3 heteroatoms. The Bertz CT molecular complexity index is 468. The van der Waals surface area contributed by atoms with Crippen LogP contribution < -0.4 is 11.1 Å². The van der Waals surface area contributed by atoms with E-state index >= 15 is 0 Å². The molecule has 3 nitrogen and oxygen atoms in total. The van der Waals surface area contributed by atoms with Crippen LogP contribution in [0.25, 0.3) is 0 Å². The molecule has 0 aliphatic carbocycles. The van der Waals surface area contributed by atoms with Crippen LogP contribution in [0.2, 0.25) is 0 Å². The van der Waals surface area contributed by atoms with Crippen molar-refractivity contribution in [1.82, 2.24) is 10.3 Å². The second kappa shape index (κ2) is 5.57. The van der Waals surface area contributed by atoms with Crippen LogP contribution in [0.15, 0.2) is 48.7 Å². The van der Waals surface area contributed by atoms with E-state index in [-0.39, 0.29) is 6.04 Å². The zero-order chi connectivity index (χ0) is 12.1. The van der Waals surface area contributed by atoms with E-state index in [0.29, 0.717) is 6.54 Å². The van der Waals surface area contributed by atoms with Crippen molar-refractivity contribution < 1.29 is 0 Å². The summed E-state index contributed by atoms with van der Waals surface area (Å²) in [4.78, 5) is 4.39. The zero-order valence-corrected chi connectivity index (χ0v) is 9.93. The van der Waals surface area contributed by atoms with Crippen LogP contribution in [0, 0.1) is 0 Å². The number of rotatable bonds is 4. The largest absolute Gasteiger partial charge is 0.326 e. The maximum atomic E-state index is 5.66. The molecule has 0 saturated heterocycles. The lowest BCUT2D eigenvalue weighted by Crippen LogP contribution is -2.19. The molecule has 0 bridgehead atoms. The highest BCUT2D eigenvalue weighted by Crippen LogP contribution is 2.20. The first-order valence-electron chi connectivity index (χ1n) is 5.72. The van der Waals surface area contributed by atoms with Crippen LogP contribution in [0.4, 0.5) is 0 Å². The summed E-state index contributed by atoms with van der Waals surface area (Å²) in [6, 6.07) is 14.3. The van der Waals surface area contributed by atoms with E-state index in [2.05, 4.69) is 22.4 Å². The third-order valence-electron chi connectivity index (χ3n) is 2.79. The molecule has 1 aromatic heterocycles. The summed E-state index contributed by atoms with van der Waals surface area (Å²) in [5.41, 5.74) is 9.01. The van der Waals surface area contributed by atoms with Gasteiger partial charge in [-0.25, -0.2) is 0 Å². The van der Waals surface area contributed by atoms with Crippen molar-refractivity contribution in [2.24, 2.45) is 5.73 Å². The van der Waals surface area contributed by atoms with Crippen LogP contribution in [-0.4, -0.2) is 12.0 Å². The molecule has 0 radical (unpaired) electrons. The molecule has 3 N–H and O–H groups in total. The Morgan fingerprint density at radius 2 is 2.12 bits per heavy atom. The van der Waals surface area contributed by atoms with Gasteiger partial charge in [-0.05, 0) is 30.3 Å². The summed E-state index contributed by atoms with van der Waals surface area (Å²) in [6.45, 7) is 0.562. The predicted molar refractivity (Wildman–Crippen MR) is 69.5 cm³/mol. The maximum absolute atomic E-state index is 5.66. The van der Waals surface area contributed by atoms with Crippen molar-refractivity contribution in [2.75, 3.05) is 7.05 Å². The summed E-state index contributed by atoms with van der Waals surface area (Å²) >= 11 is 0. The Morgan fingerprint density at radius 3 is 2.76 bits per heavy atom. The summed E-state index contributed by atoms with van der Waals surface area (Å²) < 4.78 is 0. The highest BCUT2D eigenvalue weighted by Gasteiger charge is 2.12. The topological polar surface area (TPSA) is 50.9 Å². The van der Waals surface area contributed by atoms with Crippen LogP contribution in [0.5, 0.6) is 0 Å². The number of nitrogens with one attached hydrogen (secondary N) is 1. The van der Waals surface area contributed by atoms with E-state index in [1.54, 1.807) is 0 Å². The molecule has 0 aliphatic heterocycles. The second-order valence-electron chi connectivity index (χ2n) is 3.93. The summed E-state index contributed by atoms with van der Waals surface area (Å²) in [7, 11) is 1.94. The van der Waals surface area contributed by atoms with E-state index in [9.17, 15) is 0 Å². The van der Waals surface area contributed by atoms with Crippen molar-refractivity contribution in [3.8, 4) is 0 Å². The fourth-order valence-electron chi connectivity index (χ4n) is 1.93. The third kappa shape index (κ3) is 2.70. The quantitative estimate of drug-likeness (QED) is 0.838. The predicted octanol–water partition coefficient (Wildman–Crippen LogP) is 1.85. The van der Waals surface area contributed by atoms with E-state index in [1.165, 1.54) is 5.56 Å². The fourth-order valence-corrected chi connectivity index (χ4v) is 1.93. The van der Waals surface area contributed by atoms with E-state index in [4.69, 9.17) is 5.73 Å². The summed E-state index contributed by atoms with van der Waals surface area (Å²) in [5.74, 6) is 0. The number of benzene rings is 1. The van der Waals surface area contributed by atoms with Gasteiger partial charge in [-0.1, -0.05) is 30.3 Å². The van der Waals surface area contributed by atoms with Gasteiger partial charge in [0.1, 0.15) is 0 Å². The first kappa shape index (κ1) is 11.8. The van der Waals surface area contributed by atoms with Gasteiger partial charge in [0.25, 0.3) is 0 Å². The van der Waals surface area contributed by atoms with Gasteiger partial charge in [0.15, 0.2) is 0 Å². The minimum atomic E-state index is 0.114. The molecular formula is C14H17N3. The van der Waals surface area contributed by atoms with Crippen molar-refractivity contribution in [1.29, 1.82) is 0 Å². The SMILES string of the molecule is CNC(c1cccc(CN)c1)c1ccccn1. The van der Waals surface area contributed by atoms with Crippen LogP contribution >= 0.6 is 0 Å². The number of pyridine rings is 1. The molecular weight excluding hydrogens is 210 g/mol. The third-order valence-corrected chi connectivity index (χ3v) is 2.79. The van der Waals surface area contributed by atoms with Crippen LogP contribution in [0.3, 0.4) is 0 Å². The number of nitrogens with zero attached hydrogens (tertiary/aromatic N) is 1. The lowest BCUT2D eigenvalue weighted by molar-refractivity contribution is 0.670. The smallest absolute Gasteiger partial charge is 0.0749 e. The minimum Gasteiger partial charge on any atom is -0.326 e. The van der Waals surface area contributed by atoms with Gasteiger partial charge in [-0.3, -0.25) is 4.98 Å². The number of hydrogen-bond acceptors (Lipinski definition) is 3. The monoisotopic (exact) mass is 227 g/mol. The lowest BCUT2D eigenvalue weighted by atomic mass is 10.0. The molecule has 0 aliphatic rings. The number of aromatic nitrogens is 1. The molecule has 88 valence electrons. The standard InChI is InChI=1S/C14H17N3/c1-16-14(13-7-2-3-8-17-13)12-6-4-5-11(9-12)10-15/h2-9,14,16H,10,15H2,1H3. The number of nitrogens with two attached hydrogens (primary N) is 1. The van der Waals surface area contributed by atoms with Crippen molar-refractivity contribution in [3.05, 3.63) is 65.5 Å². The molecule has 1 aromatic carbocycles. The average Bonchev–Trinajstić information content (AvgIpc) is 2.41. The molecule has 0 fully saturated rings. The van der Waals surface area contributed by atoms with E-state index in [0.717, 1.165) is 11.3 Å². The van der Waals surface area contributed by atoms with Gasteiger partial charge in [0, 0.05) is 12.7 Å². The highest BCUT2D eigenvalue weighted by atomic mass is 14.9. The molecule has 0 saturated carbocycles. The van der Waals surface area contributed by atoms with Crippen LogP contribution in [-0.2, 0) is 6.54 Å². The Kier molecular flexibility index (Phi) is 3.85. The fraction of sp³-hybridized carbons (Fsp3) is 0.214. The number of hydrogen-bond donors (Lipinski definition) is 2. The molecule has 2 aromatic rings. The van der Waals surface area contributed by atoms with Gasteiger partial charge >= 0.3 is 0 Å². The van der Waals surface area contributed by atoms with Crippen LogP contribution in [0.1, 0.15) is 22.9 Å². The molecule has 1 atom stereocenters. The summed E-state index contributed by atoms with van der Waals surface area (Å²) in [5, 5.41) is 3.28. The average molecular weight is 227 g/mol. The molecule has 1 heterocycles. The zero-order valence-electron chi connectivity index (χ0n) is 9.93. The van der Waals surface area contributed by atoms with Crippen molar-refractivity contribution >= 4 is 0 Å². The normalized spacial score (nSPS) is 12.4. The second-order valence-corrected chi connectivity index (χ2v) is 3.93. The van der Waals surface area contributed by atoms with Crippen molar-refractivity contribution in [3.63, 3.8) is 0 Å². The van der Waals surface area contributed by atoms with Crippen molar-refractivity contribution in [2.45, 2.75) is 12.6 Å². The van der Waals surface area contributed by atoms with E-state index in [1.807, 2.05) is 43.6 Å².